The molecule has 0 aliphatic carbocycles. The molecule has 0 atom stereocenters. The molecule has 3 rings (SSSR count). The van der Waals surface area contributed by atoms with E-state index in [1.54, 1.807) is 18.3 Å². The molecule has 2 N–H and O–H groups in total. The summed E-state index contributed by atoms with van der Waals surface area (Å²) in [5.41, 5.74) is 2.39. The minimum absolute atomic E-state index is 0.294. The van der Waals surface area contributed by atoms with Crippen LogP contribution in [0.2, 0.25) is 5.02 Å². The molecule has 0 unspecified atom stereocenters. The zero-order valence-corrected chi connectivity index (χ0v) is 16.2. The Morgan fingerprint density at radius 2 is 2.00 bits per heavy atom. The Kier molecular flexibility index (Phi) is 5.58. The Labute approximate surface area is 160 Å². The van der Waals surface area contributed by atoms with Gasteiger partial charge in [0.25, 0.3) is 0 Å². The van der Waals surface area contributed by atoms with E-state index in [1.165, 1.54) is 11.3 Å². The zero-order valence-electron chi connectivity index (χ0n) is 14.7. The first-order valence-corrected chi connectivity index (χ1v) is 9.45. The number of nitrogens with one attached hydrogen (secondary N) is 2. The summed E-state index contributed by atoms with van der Waals surface area (Å²) in [5, 5.41) is 10.7. The van der Waals surface area contributed by atoms with Crippen molar-refractivity contribution in [3.05, 3.63) is 46.1 Å². The highest BCUT2D eigenvalue weighted by atomic mass is 35.5. The fourth-order valence-electron chi connectivity index (χ4n) is 2.41. The summed E-state index contributed by atoms with van der Waals surface area (Å²) in [5.74, 6) is 0.659. The number of halogens is 1. The van der Waals surface area contributed by atoms with Crippen LogP contribution in [0, 0.1) is 0 Å². The summed E-state index contributed by atoms with van der Waals surface area (Å²) in [6, 6.07) is 6.88. The van der Waals surface area contributed by atoms with Crippen molar-refractivity contribution in [1.82, 2.24) is 10.1 Å². The van der Waals surface area contributed by atoms with Gasteiger partial charge in [-0.05, 0) is 30.0 Å². The van der Waals surface area contributed by atoms with Crippen molar-refractivity contribution in [3.63, 3.8) is 0 Å². The third-order valence-electron chi connectivity index (χ3n) is 3.77. The zero-order chi connectivity index (χ0) is 18.7. The normalized spacial score (nSPS) is 11.0. The summed E-state index contributed by atoms with van der Waals surface area (Å²) < 4.78 is 5.35. The number of anilines is 2. The van der Waals surface area contributed by atoms with Crippen molar-refractivity contribution in [2.45, 2.75) is 33.1 Å². The molecular formula is C18H19ClN4O2S. The number of rotatable bonds is 5. The lowest BCUT2D eigenvalue weighted by molar-refractivity contribution is 0.261. The Morgan fingerprint density at radius 1 is 1.27 bits per heavy atom. The van der Waals surface area contributed by atoms with Crippen LogP contribution in [0.5, 0.6) is 0 Å². The molecule has 2 amide bonds. The number of nitrogens with zero attached hydrogens (tertiary/aromatic N) is 2. The molecule has 0 fully saturated rings. The van der Waals surface area contributed by atoms with E-state index in [-0.39, 0.29) is 0 Å². The topological polar surface area (TPSA) is 80.0 Å². The summed E-state index contributed by atoms with van der Waals surface area (Å²) in [4.78, 5) is 17.7. The highest BCUT2D eigenvalue weighted by molar-refractivity contribution is 7.15. The Balaban J connectivity index is 1.79. The molecule has 3 aromatic rings. The van der Waals surface area contributed by atoms with Gasteiger partial charge in [-0.2, -0.15) is 0 Å². The number of carbonyl (C=O) groups is 1. The average molecular weight is 391 g/mol. The van der Waals surface area contributed by atoms with Crippen LogP contribution in [0.4, 0.5) is 15.8 Å². The van der Waals surface area contributed by atoms with Crippen LogP contribution in [-0.2, 0) is 6.42 Å². The molecule has 0 spiro atoms. The maximum absolute atomic E-state index is 12.3. The van der Waals surface area contributed by atoms with Crippen LogP contribution in [0.3, 0.4) is 0 Å². The summed E-state index contributed by atoms with van der Waals surface area (Å²) in [6.45, 7) is 6.14. The Morgan fingerprint density at radius 3 is 2.62 bits per heavy atom. The molecule has 0 aliphatic rings. The van der Waals surface area contributed by atoms with Crippen molar-refractivity contribution >= 4 is 40.0 Å². The molecular weight excluding hydrogens is 372 g/mol. The minimum Gasteiger partial charge on any atom is -0.337 e. The number of benzene rings is 1. The molecule has 2 aromatic heterocycles. The number of urea groups is 1. The lowest BCUT2D eigenvalue weighted by atomic mass is 10.0. The van der Waals surface area contributed by atoms with Crippen molar-refractivity contribution in [1.29, 1.82) is 0 Å². The van der Waals surface area contributed by atoms with Gasteiger partial charge in [-0.25, -0.2) is 9.78 Å². The number of hydrogen-bond donors (Lipinski definition) is 2. The van der Waals surface area contributed by atoms with E-state index in [2.05, 4.69) is 34.6 Å². The van der Waals surface area contributed by atoms with Gasteiger partial charge in [0.2, 0.25) is 5.88 Å². The van der Waals surface area contributed by atoms with Crippen LogP contribution < -0.4 is 10.6 Å². The van der Waals surface area contributed by atoms with Gasteiger partial charge in [0, 0.05) is 16.1 Å². The van der Waals surface area contributed by atoms with Gasteiger partial charge < -0.3 is 4.52 Å². The van der Waals surface area contributed by atoms with Gasteiger partial charge in [0.05, 0.1) is 11.3 Å². The van der Waals surface area contributed by atoms with Crippen molar-refractivity contribution in [3.8, 4) is 11.1 Å². The van der Waals surface area contributed by atoms with Gasteiger partial charge in [-0.3, -0.25) is 10.6 Å². The van der Waals surface area contributed by atoms with Crippen LogP contribution in [0.25, 0.3) is 11.1 Å². The van der Waals surface area contributed by atoms with E-state index in [0.29, 0.717) is 28.4 Å². The van der Waals surface area contributed by atoms with Crippen LogP contribution in [0.15, 0.2) is 35.0 Å². The number of hydrogen-bond acceptors (Lipinski definition) is 5. The summed E-state index contributed by atoms with van der Waals surface area (Å²) in [7, 11) is 0. The second-order valence-electron chi connectivity index (χ2n) is 6.00. The van der Waals surface area contributed by atoms with E-state index >= 15 is 0 Å². The second-order valence-corrected chi connectivity index (χ2v) is 7.49. The van der Waals surface area contributed by atoms with Gasteiger partial charge in [-0.15, -0.1) is 11.3 Å². The first-order chi connectivity index (χ1) is 12.5. The van der Waals surface area contributed by atoms with Crippen molar-refractivity contribution in [2.24, 2.45) is 0 Å². The largest absolute Gasteiger partial charge is 0.337 e. The molecule has 6 nitrogen and oxygen atoms in total. The third-order valence-corrected chi connectivity index (χ3v) is 5.24. The fourth-order valence-corrected chi connectivity index (χ4v) is 3.35. The van der Waals surface area contributed by atoms with Crippen molar-refractivity contribution < 1.29 is 9.32 Å². The predicted molar refractivity (Wildman–Crippen MR) is 105 cm³/mol. The molecule has 136 valence electrons. The highest BCUT2D eigenvalue weighted by Crippen LogP contribution is 2.33. The first-order valence-electron chi connectivity index (χ1n) is 8.26. The van der Waals surface area contributed by atoms with Crippen LogP contribution in [0.1, 0.15) is 37.3 Å². The van der Waals surface area contributed by atoms with Crippen LogP contribution in [-0.4, -0.2) is 16.2 Å². The SMILES string of the molecule is CCc1noc(NC(=O)Nc2ncc(C(C)C)s2)c1-c1ccc(Cl)cc1. The molecule has 0 radical (unpaired) electrons. The fraction of sp³-hybridized carbons (Fsp3) is 0.278. The molecule has 26 heavy (non-hydrogen) atoms. The second kappa shape index (κ2) is 7.88. The predicted octanol–water partition coefficient (Wildman–Crippen LogP) is 5.78. The maximum Gasteiger partial charge on any atom is 0.327 e. The average Bonchev–Trinajstić information content (AvgIpc) is 3.22. The monoisotopic (exact) mass is 390 g/mol. The van der Waals surface area contributed by atoms with Gasteiger partial charge in [0.1, 0.15) is 0 Å². The third kappa shape index (κ3) is 4.05. The standard InChI is InChI=1S/C18H19ClN4O2S/c1-4-13-15(11-5-7-12(19)8-6-11)16(25-23-13)21-17(24)22-18-20-9-14(26-18)10(2)3/h5-10H,4H2,1-3H3,(H2,20,21,22,24). The van der Waals surface area contributed by atoms with Gasteiger partial charge in [0.15, 0.2) is 5.13 Å². The lowest BCUT2D eigenvalue weighted by Gasteiger charge is -2.06. The van der Waals surface area contributed by atoms with E-state index < -0.39 is 6.03 Å². The number of aromatic nitrogens is 2. The molecule has 0 saturated heterocycles. The van der Waals surface area contributed by atoms with E-state index in [9.17, 15) is 4.79 Å². The first kappa shape index (κ1) is 18.4. The molecule has 1 aromatic carbocycles. The summed E-state index contributed by atoms with van der Waals surface area (Å²) >= 11 is 7.41. The Hall–Kier alpha value is -2.38. The quantitative estimate of drug-likeness (QED) is 0.578. The number of thiazole rings is 1. The number of amides is 2. The van der Waals surface area contributed by atoms with E-state index in [4.69, 9.17) is 16.1 Å². The van der Waals surface area contributed by atoms with Gasteiger partial charge >= 0.3 is 6.03 Å². The summed E-state index contributed by atoms with van der Waals surface area (Å²) in [6.07, 6.45) is 2.45. The molecule has 0 aliphatic heterocycles. The molecule has 0 bridgehead atoms. The molecule has 8 heteroatoms. The highest BCUT2D eigenvalue weighted by Gasteiger charge is 2.19. The van der Waals surface area contributed by atoms with E-state index in [0.717, 1.165) is 21.7 Å². The number of carbonyl (C=O) groups excluding carboxylic acids is 1. The smallest absolute Gasteiger partial charge is 0.327 e. The maximum atomic E-state index is 12.3. The van der Waals surface area contributed by atoms with Crippen LogP contribution >= 0.6 is 22.9 Å². The molecule has 0 saturated carbocycles. The molecule has 2 heterocycles. The lowest BCUT2D eigenvalue weighted by Crippen LogP contribution is -2.19. The number of aryl methyl sites for hydroxylation is 1. The Bertz CT molecular complexity index is 902. The minimum atomic E-state index is -0.427. The van der Waals surface area contributed by atoms with Crippen molar-refractivity contribution in [2.75, 3.05) is 10.6 Å². The van der Waals surface area contributed by atoms with E-state index in [1.807, 2.05) is 19.1 Å². The van der Waals surface area contributed by atoms with Gasteiger partial charge in [-0.1, -0.05) is 49.7 Å².